The largest absolute Gasteiger partial charge is 0.390 e. The highest BCUT2D eigenvalue weighted by atomic mass is 127. The molecule has 0 spiro atoms. The number of hydrogen-bond donors (Lipinski definition) is 1. The summed E-state index contributed by atoms with van der Waals surface area (Å²) in [6.45, 7) is -0.614. The van der Waals surface area contributed by atoms with Gasteiger partial charge < -0.3 is 5.11 Å². The standard InChI is InChI=1S/C7H5F2IN2O3/c8-7(9)6-5(10)4(12(14)15)1-3(2-13)11-6/h1,7,13H,2H2. The molecule has 0 aliphatic carbocycles. The van der Waals surface area contributed by atoms with E-state index >= 15 is 0 Å². The second-order valence-electron chi connectivity index (χ2n) is 2.55. The maximum absolute atomic E-state index is 12.4. The zero-order valence-corrected chi connectivity index (χ0v) is 9.31. The number of pyridine rings is 1. The SMILES string of the molecule is O=[N+]([O-])c1cc(CO)nc(C(F)F)c1I. The van der Waals surface area contributed by atoms with Crippen LogP contribution in [-0.2, 0) is 6.61 Å². The number of nitro groups is 1. The first-order valence-corrected chi connectivity index (χ1v) is 4.78. The fourth-order valence-corrected chi connectivity index (χ4v) is 1.66. The molecule has 0 aliphatic rings. The van der Waals surface area contributed by atoms with E-state index in [0.717, 1.165) is 6.07 Å². The van der Waals surface area contributed by atoms with E-state index in [1.807, 2.05) is 0 Å². The average Bonchev–Trinajstić information content (AvgIpc) is 2.17. The molecule has 1 N–H and O–H groups in total. The monoisotopic (exact) mass is 330 g/mol. The molecule has 15 heavy (non-hydrogen) atoms. The fourth-order valence-electron chi connectivity index (χ4n) is 0.947. The van der Waals surface area contributed by atoms with E-state index in [0.29, 0.717) is 0 Å². The zero-order valence-electron chi connectivity index (χ0n) is 7.15. The van der Waals surface area contributed by atoms with Crippen molar-refractivity contribution in [2.45, 2.75) is 13.0 Å². The van der Waals surface area contributed by atoms with Crippen molar-refractivity contribution >= 4 is 28.3 Å². The average molecular weight is 330 g/mol. The molecule has 0 aromatic carbocycles. The third-order valence-corrected chi connectivity index (χ3v) is 2.69. The minimum atomic E-state index is -2.90. The number of nitrogens with zero attached hydrogens (tertiary/aromatic N) is 2. The zero-order chi connectivity index (χ0) is 11.6. The summed E-state index contributed by atoms with van der Waals surface area (Å²) in [5.74, 6) is 0. The summed E-state index contributed by atoms with van der Waals surface area (Å²) in [6, 6.07) is 0.980. The predicted octanol–water partition coefficient (Wildman–Crippen LogP) is 2.02. The van der Waals surface area contributed by atoms with Crippen molar-refractivity contribution in [1.82, 2.24) is 4.98 Å². The van der Waals surface area contributed by atoms with E-state index in [4.69, 9.17) is 5.11 Å². The Labute approximate surface area is 96.4 Å². The topological polar surface area (TPSA) is 76.3 Å². The first-order chi connectivity index (χ1) is 6.97. The molecule has 1 aromatic heterocycles. The molecular formula is C7H5F2IN2O3. The van der Waals surface area contributed by atoms with Crippen LogP contribution in [0, 0.1) is 13.7 Å². The Kier molecular flexibility index (Phi) is 3.85. The Morgan fingerprint density at radius 3 is 2.67 bits per heavy atom. The van der Waals surface area contributed by atoms with Gasteiger partial charge >= 0.3 is 0 Å². The molecule has 82 valence electrons. The first kappa shape index (κ1) is 12.2. The van der Waals surface area contributed by atoms with Crippen molar-refractivity contribution in [3.63, 3.8) is 0 Å². The molecule has 8 heteroatoms. The fraction of sp³-hybridized carbons (Fsp3) is 0.286. The molecule has 0 atom stereocenters. The summed E-state index contributed by atoms with van der Waals surface area (Å²) in [6.07, 6.45) is -2.90. The number of hydrogen-bond acceptors (Lipinski definition) is 4. The van der Waals surface area contributed by atoms with Crippen molar-refractivity contribution in [3.05, 3.63) is 31.1 Å². The Hall–Kier alpha value is -0.900. The van der Waals surface area contributed by atoms with Crippen LogP contribution >= 0.6 is 22.6 Å². The number of rotatable bonds is 3. The molecule has 1 heterocycles. The van der Waals surface area contributed by atoms with Gasteiger partial charge in [-0.2, -0.15) is 0 Å². The molecule has 0 amide bonds. The van der Waals surface area contributed by atoms with E-state index in [1.165, 1.54) is 22.6 Å². The summed E-state index contributed by atoms with van der Waals surface area (Å²) in [4.78, 5) is 13.1. The Morgan fingerprint density at radius 2 is 2.27 bits per heavy atom. The van der Waals surface area contributed by atoms with Crippen LogP contribution in [0.4, 0.5) is 14.5 Å². The van der Waals surface area contributed by atoms with Crippen molar-refractivity contribution in [3.8, 4) is 0 Å². The molecular weight excluding hydrogens is 325 g/mol. The van der Waals surface area contributed by atoms with Crippen LogP contribution in [0.1, 0.15) is 17.8 Å². The number of aromatic nitrogens is 1. The van der Waals surface area contributed by atoms with E-state index < -0.39 is 29.3 Å². The lowest BCUT2D eigenvalue weighted by Crippen LogP contribution is -2.04. The highest BCUT2D eigenvalue weighted by Gasteiger charge is 2.23. The highest BCUT2D eigenvalue weighted by molar-refractivity contribution is 14.1. The van der Waals surface area contributed by atoms with Gasteiger partial charge in [-0.25, -0.2) is 13.8 Å². The Bertz CT molecular complexity index is 400. The number of aliphatic hydroxyl groups is 1. The van der Waals surface area contributed by atoms with Crippen LogP contribution < -0.4 is 0 Å². The minimum Gasteiger partial charge on any atom is -0.390 e. The van der Waals surface area contributed by atoms with Gasteiger partial charge in [-0.1, -0.05) is 0 Å². The number of aliphatic hydroxyl groups excluding tert-OH is 1. The van der Waals surface area contributed by atoms with Crippen LogP contribution in [0.5, 0.6) is 0 Å². The molecule has 0 saturated carbocycles. The smallest absolute Gasteiger partial charge is 0.286 e. The van der Waals surface area contributed by atoms with Gasteiger partial charge in [-0.15, -0.1) is 0 Å². The van der Waals surface area contributed by atoms with Gasteiger partial charge in [-0.3, -0.25) is 10.1 Å². The molecule has 5 nitrogen and oxygen atoms in total. The molecule has 0 aliphatic heterocycles. The maximum Gasteiger partial charge on any atom is 0.286 e. The van der Waals surface area contributed by atoms with Gasteiger partial charge in [-0.05, 0) is 22.6 Å². The van der Waals surface area contributed by atoms with Crippen molar-refractivity contribution < 1.29 is 18.8 Å². The van der Waals surface area contributed by atoms with Gasteiger partial charge in [0.05, 0.1) is 17.2 Å². The third-order valence-electron chi connectivity index (χ3n) is 1.58. The van der Waals surface area contributed by atoms with Gasteiger partial charge in [0.2, 0.25) is 0 Å². The maximum atomic E-state index is 12.4. The molecule has 0 saturated heterocycles. The summed E-state index contributed by atoms with van der Waals surface area (Å²) >= 11 is 1.44. The quantitative estimate of drug-likeness (QED) is 0.523. The number of alkyl halides is 2. The molecule has 0 radical (unpaired) electrons. The summed E-state index contributed by atoms with van der Waals surface area (Å²) in [5, 5.41) is 19.2. The summed E-state index contributed by atoms with van der Waals surface area (Å²) in [7, 11) is 0. The molecule has 0 bridgehead atoms. The van der Waals surface area contributed by atoms with Gasteiger partial charge in [0.15, 0.2) is 0 Å². The van der Waals surface area contributed by atoms with Crippen LogP contribution in [-0.4, -0.2) is 15.0 Å². The van der Waals surface area contributed by atoms with Crippen molar-refractivity contribution in [1.29, 1.82) is 0 Å². The molecule has 0 fully saturated rings. The highest BCUT2D eigenvalue weighted by Crippen LogP contribution is 2.30. The van der Waals surface area contributed by atoms with Crippen LogP contribution in [0.3, 0.4) is 0 Å². The Morgan fingerprint density at radius 1 is 1.67 bits per heavy atom. The van der Waals surface area contributed by atoms with Crippen molar-refractivity contribution in [2.75, 3.05) is 0 Å². The van der Waals surface area contributed by atoms with Crippen molar-refractivity contribution in [2.24, 2.45) is 0 Å². The van der Waals surface area contributed by atoms with E-state index in [2.05, 4.69) is 4.98 Å². The lowest BCUT2D eigenvalue weighted by atomic mass is 10.2. The van der Waals surface area contributed by atoms with Crippen LogP contribution in [0.25, 0.3) is 0 Å². The third kappa shape index (κ3) is 2.56. The van der Waals surface area contributed by atoms with Gasteiger partial charge in [0.1, 0.15) is 9.26 Å². The van der Waals surface area contributed by atoms with E-state index in [9.17, 15) is 18.9 Å². The van der Waals surface area contributed by atoms with E-state index in [1.54, 1.807) is 0 Å². The Balaban J connectivity index is 3.40. The lowest BCUT2D eigenvalue weighted by molar-refractivity contribution is -0.386. The van der Waals surface area contributed by atoms with Gasteiger partial charge in [0.25, 0.3) is 12.1 Å². The molecule has 1 aromatic rings. The molecule has 0 unspecified atom stereocenters. The van der Waals surface area contributed by atoms with E-state index in [-0.39, 0.29) is 9.26 Å². The predicted molar refractivity (Wildman–Crippen MR) is 54.5 cm³/mol. The lowest BCUT2D eigenvalue weighted by Gasteiger charge is -2.05. The van der Waals surface area contributed by atoms with Crippen LogP contribution in [0.2, 0.25) is 0 Å². The second-order valence-corrected chi connectivity index (χ2v) is 3.63. The second kappa shape index (κ2) is 4.75. The first-order valence-electron chi connectivity index (χ1n) is 3.70. The van der Waals surface area contributed by atoms with Gasteiger partial charge in [0, 0.05) is 6.07 Å². The normalized spacial score (nSPS) is 10.7. The molecule has 1 rings (SSSR count). The summed E-state index contributed by atoms with van der Waals surface area (Å²) in [5.41, 5.74) is -1.28. The van der Waals surface area contributed by atoms with Crippen LogP contribution in [0.15, 0.2) is 6.07 Å². The summed E-state index contributed by atoms with van der Waals surface area (Å²) < 4.78 is 24.6. The minimum absolute atomic E-state index is 0.141. The number of halogens is 3.